The van der Waals surface area contributed by atoms with Crippen LogP contribution in [0.3, 0.4) is 0 Å². The number of aromatic nitrogens is 4. The highest BCUT2D eigenvalue weighted by atomic mass is 16.4. The maximum Gasteiger partial charge on any atom is 0.305 e. The molecule has 2 aromatic rings. The molecule has 0 aromatic carbocycles. The third kappa shape index (κ3) is 4.01. The third-order valence-electron chi connectivity index (χ3n) is 3.88. The monoisotopic (exact) mass is 333 g/mol. The van der Waals surface area contributed by atoms with Gasteiger partial charge < -0.3 is 10.0 Å². The number of rotatable bonds is 8. The molecule has 0 aliphatic rings. The summed E-state index contributed by atoms with van der Waals surface area (Å²) in [4.78, 5) is 25.2. The highest BCUT2D eigenvalue weighted by molar-refractivity contribution is 5.92. The van der Waals surface area contributed by atoms with E-state index in [-0.39, 0.29) is 18.9 Å². The van der Waals surface area contributed by atoms with E-state index < -0.39 is 5.97 Å². The second-order valence-electron chi connectivity index (χ2n) is 5.50. The molecule has 1 amide bonds. The summed E-state index contributed by atoms with van der Waals surface area (Å²) in [5.74, 6) is -1.08. The molecule has 130 valence electrons. The van der Waals surface area contributed by atoms with Gasteiger partial charge >= 0.3 is 5.97 Å². The van der Waals surface area contributed by atoms with Crippen LogP contribution < -0.4 is 0 Å². The van der Waals surface area contributed by atoms with Gasteiger partial charge in [0.05, 0.1) is 18.7 Å². The van der Waals surface area contributed by atoms with Gasteiger partial charge in [0.1, 0.15) is 5.69 Å². The molecule has 0 radical (unpaired) electrons. The molecule has 0 bridgehead atoms. The summed E-state index contributed by atoms with van der Waals surface area (Å²) in [5.41, 5.74) is 2.31. The van der Waals surface area contributed by atoms with Gasteiger partial charge in [-0.1, -0.05) is 0 Å². The highest BCUT2D eigenvalue weighted by Gasteiger charge is 2.20. The lowest BCUT2D eigenvalue weighted by Gasteiger charge is -2.21. The topological polar surface area (TPSA) is 93.3 Å². The molecule has 0 unspecified atom stereocenters. The Kier molecular flexibility index (Phi) is 5.73. The van der Waals surface area contributed by atoms with Crippen molar-refractivity contribution < 1.29 is 14.7 Å². The zero-order chi connectivity index (χ0) is 17.7. The number of amides is 1. The predicted octanol–water partition coefficient (Wildman–Crippen LogP) is 1.54. The second-order valence-corrected chi connectivity index (χ2v) is 5.50. The number of aryl methyl sites for hydroxylation is 3. The summed E-state index contributed by atoms with van der Waals surface area (Å²) in [5, 5.41) is 17.3. The largest absolute Gasteiger partial charge is 0.481 e. The first-order chi connectivity index (χ1) is 11.5. The van der Waals surface area contributed by atoms with Crippen LogP contribution in [-0.2, 0) is 24.4 Å². The van der Waals surface area contributed by atoms with Crippen molar-refractivity contribution in [3.05, 3.63) is 35.4 Å². The fourth-order valence-electron chi connectivity index (χ4n) is 2.47. The van der Waals surface area contributed by atoms with Gasteiger partial charge in [-0.25, -0.2) is 0 Å². The van der Waals surface area contributed by atoms with Gasteiger partial charge in [-0.15, -0.1) is 0 Å². The molecule has 1 N–H and O–H groups in total. The fourth-order valence-corrected chi connectivity index (χ4v) is 2.47. The molecule has 8 nitrogen and oxygen atoms in total. The van der Waals surface area contributed by atoms with Crippen LogP contribution in [-0.4, -0.2) is 48.0 Å². The molecule has 0 saturated heterocycles. The van der Waals surface area contributed by atoms with Gasteiger partial charge in [0, 0.05) is 37.6 Å². The number of hydrogen-bond donors (Lipinski definition) is 1. The van der Waals surface area contributed by atoms with Gasteiger partial charge in [-0.3, -0.25) is 19.0 Å². The SMILES string of the molecule is CCN(Cc1cn(CC)nc1C)C(=O)c1ccnn1CCC(=O)O. The highest BCUT2D eigenvalue weighted by Crippen LogP contribution is 2.13. The minimum Gasteiger partial charge on any atom is -0.481 e. The normalized spacial score (nSPS) is 10.8. The lowest BCUT2D eigenvalue weighted by Crippen LogP contribution is -2.32. The van der Waals surface area contributed by atoms with Crippen molar-refractivity contribution in [2.45, 2.75) is 46.8 Å². The Morgan fingerprint density at radius 2 is 2.08 bits per heavy atom. The molecule has 0 aliphatic carbocycles. The standard InChI is InChI=1S/C16H23N5O3/c1-4-19(10-13-11-20(5-2)18-12(13)3)16(24)14-6-8-17-21(14)9-7-15(22)23/h6,8,11H,4-5,7,9-10H2,1-3H3,(H,22,23). The number of carbonyl (C=O) groups excluding carboxylic acids is 1. The zero-order valence-corrected chi connectivity index (χ0v) is 14.3. The van der Waals surface area contributed by atoms with Crippen LogP contribution in [0.4, 0.5) is 0 Å². The van der Waals surface area contributed by atoms with E-state index in [4.69, 9.17) is 5.11 Å². The van der Waals surface area contributed by atoms with Crippen molar-refractivity contribution >= 4 is 11.9 Å². The molecule has 0 spiro atoms. The molecule has 8 heteroatoms. The van der Waals surface area contributed by atoms with E-state index in [1.807, 2.05) is 31.6 Å². The van der Waals surface area contributed by atoms with Crippen molar-refractivity contribution in [1.29, 1.82) is 0 Å². The van der Waals surface area contributed by atoms with E-state index in [1.54, 1.807) is 11.0 Å². The molecule has 0 atom stereocenters. The quantitative estimate of drug-likeness (QED) is 0.791. The molecule has 2 aromatic heterocycles. The molecule has 24 heavy (non-hydrogen) atoms. The van der Waals surface area contributed by atoms with Gasteiger partial charge in [-0.05, 0) is 26.8 Å². The van der Waals surface area contributed by atoms with Crippen LogP contribution in [0.2, 0.25) is 0 Å². The third-order valence-corrected chi connectivity index (χ3v) is 3.88. The Labute approximate surface area is 140 Å². The molecule has 2 heterocycles. The summed E-state index contributed by atoms with van der Waals surface area (Å²) in [6, 6.07) is 1.62. The van der Waals surface area contributed by atoms with Crippen LogP contribution in [0.15, 0.2) is 18.5 Å². The second kappa shape index (κ2) is 7.76. The van der Waals surface area contributed by atoms with Gasteiger partial charge in [0.15, 0.2) is 0 Å². The zero-order valence-electron chi connectivity index (χ0n) is 14.3. The van der Waals surface area contributed by atoms with Crippen molar-refractivity contribution in [2.75, 3.05) is 6.54 Å². The van der Waals surface area contributed by atoms with Gasteiger partial charge in [-0.2, -0.15) is 10.2 Å². The Bertz CT molecular complexity index is 719. The maximum atomic E-state index is 12.8. The van der Waals surface area contributed by atoms with Crippen molar-refractivity contribution in [3.8, 4) is 0 Å². The molecule has 0 saturated carbocycles. The van der Waals surface area contributed by atoms with Crippen LogP contribution in [0.25, 0.3) is 0 Å². The Hall–Kier alpha value is -2.64. The predicted molar refractivity (Wildman–Crippen MR) is 87.5 cm³/mol. The molecular weight excluding hydrogens is 310 g/mol. The maximum absolute atomic E-state index is 12.8. The van der Waals surface area contributed by atoms with Crippen LogP contribution in [0.1, 0.15) is 42.0 Å². The van der Waals surface area contributed by atoms with Gasteiger partial charge in [0.25, 0.3) is 5.91 Å². The number of hydrogen-bond acceptors (Lipinski definition) is 4. The van der Waals surface area contributed by atoms with E-state index in [2.05, 4.69) is 10.2 Å². The van der Waals surface area contributed by atoms with Crippen LogP contribution in [0.5, 0.6) is 0 Å². The van der Waals surface area contributed by atoms with E-state index >= 15 is 0 Å². The molecular formula is C16H23N5O3. The first-order valence-corrected chi connectivity index (χ1v) is 8.02. The lowest BCUT2D eigenvalue weighted by molar-refractivity contribution is -0.137. The van der Waals surface area contributed by atoms with E-state index in [0.717, 1.165) is 17.8 Å². The van der Waals surface area contributed by atoms with Crippen LogP contribution in [0, 0.1) is 6.92 Å². The Morgan fingerprint density at radius 3 is 2.67 bits per heavy atom. The lowest BCUT2D eigenvalue weighted by atomic mass is 10.2. The summed E-state index contributed by atoms with van der Waals surface area (Å²) in [6.45, 7) is 7.81. The van der Waals surface area contributed by atoms with E-state index in [9.17, 15) is 9.59 Å². The number of aliphatic carboxylic acids is 1. The minimum absolute atomic E-state index is 0.0730. The van der Waals surface area contributed by atoms with Crippen molar-refractivity contribution in [3.63, 3.8) is 0 Å². The first kappa shape index (κ1) is 17.7. The summed E-state index contributed by atoms with van der Waals surface area (Å²) >= 11 is 0. The molecule has 2 rings (SSSR count). The summed E-state index contributed by atoms with van der Waals surface area (Å²) in [7, 11) is 0. The molecule has 0 fully saturated rings. The average Bonchev–Trinajstić information content (AvgIpc) is 3.16. The first-order valence-electron chi connectivity index (χ1n) is 8.02. The summed E-state index contributed by atoms with van der Waals surface area (Å²) < 4.78 is 3.29. The fraction of sp³-hybridized carbons (Fsp3) is 0.500. The number of carboxylic acids is 1. The Morgan fingerprint density at radius 1 is 1.33 bits per heavy atom. The Balaban J connectivity index is 2.15. The minimum atomic E-state index is -0.918. The summed E-state index contributed by atoms with van der Waals surface area (Å²) in [6.07, 6.45) is 3.40. The number of nitrogens with zero attached hydrogens (tertiary/aromatic N) is 5. The van der Waals surface area contributed by atoms with Crippen molar-refractivity contribution in [2.24, 2.45) is 0 Å². The van der Waals surface area contributed by atoms with E-state index in [0.29, 0.717) is 18.8 Å². The average molecular weight is 333 g/mol. The van der Waals surface area contributed by atoms with E-state index in [1.165, 1.54) is 10.9 Å². The number of carbonyl (C=O) groups is 2. The van der Waals surface area contributed by atoms with Crippen LogP contribution >= 0.6 is 0 Å². The van der Waals surface area contributed by atoms with Crippen molar-refractivity contribution in [1.82, 2.24) is 24.5 Å². The number of carboxylic acid groups (broad SMARTS) is 1. The van der Waals surface area contributed by atoms with Gasteiger partial charge in [0.2, 0.25) is 0 Å². The smallest absolute Gasteiger partial charge is 0.305 e. The molecule has 0 aliphatic heterocycles.